The second-order valence-corrected chi connectivity index (χ2v) is 3.43. The third kappa shape index (κ3) is 1.89. The lowest BCUT2D eigenvalue weighted by atomic mass is 10.1. The average Bonchev–Trinajstić information content (AvgIpc) is 2.63. The van der Waals surface area contributed by atoms with Crippen molar-refractivity contribution in [1.82, 2.24) is 15.2 Å². The van der Waals surface area contributed by atoms with E-state index in [4.69, 9.17) is 5.73 Å². The third-order valence-corrected chi connectivity index (χ3v) is 2.38. The van der Waals surface area contributed by atoms with Crippen molar-refractivity contribution >= 4 is 0 Å². The lowest BCUT2D eigenvalue weighted by Crippen LogP contribution is -2.04. The standard InChI is InChI=1S/C11H14N4/c1-8-9(5-6-12)11(15-14-8)10-4-2-3-7-13-10/h2-4,7H,5-6,12H2,1H3,(H,14,15). The van der Waals surface area contributed by atoms with Gasteiger partial charge in [0.1, 0.15) is 5.69 Å². The molecule has 2 rings (SSSR count). The van der Waals surface area contributed by atoms with Crippen molar-refractivity contribution in [3.63, 3.8) is 0 Å². The molecular weight excluding hydrogens is 188 g/mol. The number of hydrogen-bond donors (Lipinski definition) is 2. The number of hydrogen-bond acceptors (Lipinski definition) is 3. The summed E-state index contributed by atoms with van der Waals surface area (Å²) in [5, 5.41) is 7.24. The van der Waals surface area contributed by atoms with E-state index in [1.54, 1.807) is 6.20 Å². The molecule has 0 bridgehead atoms. The van der Waals surface area contributed by atoms with Gasteiger partial charge in [0.05, 0.1) is 5.69 Å². The fourth-order valence-corrected chi connectivity index (χ4v) is 1.62. The predicted molar refractivity (Wildman–Crippen MR) is 59.3 cm³/mol. The van der Waals surface area contributed by atoms with Crippen LogP contribution in [0.1, 0.15) is 11.3 Å². The van der Waals surface area contributed by atoms with Crippen LogP contribution in [0.2, 0.25) is 0 Å². The monoisotopic (exact) mass is 202 g/mol. The number of H-pyrrole nitrogens is 1. The highest BCUT2D eigenvalue weighted by Gasteiger charge is 2.11. The normalized spacial score (nSPS) is 10.5. The Morgan fingerprint density at radius 2 is 2.27 bits per heavy atom. The molecule has 0 aromatic carbocycles. The Bertz CT molecular complexity index is 433. The molecule has 2 heterocycles. The number of nitrogens with two attached hydrogens (primary N) is 1. The van der Waals surface area contributed by atoms with Crippen molar-refractivity contribution in [3.8, 4) is 11.4 Å². The minimum absolute atomic E-state index is 0.625. The van der Waals surface area contributed by atoms with E-state index >= 15 is 0 Å². The van der Waals surface area contributed by atoms with E-state index in [0.29, 0.717) is 6.54 Å². The lowest BCUT2D eigenvalue weighted by Gasteiger charge is -2.00. The Labute approximate surface area is 88.5 Å². The van der Waals surface area contributed by atoms with Gasteiger partial charge < -0.3 is 5.73 Å². The summed E-state index contributed by atoms with van der Waals surface area (Å²) in [6.07, 6.45) is 2.60. The molecule has 78 valence electrons. The van der Waals surface area contributed by atoms with Crippen molar-refractivity contribution in [2.75, 3.05) is 6.54 Å². The number of nitrogens with one attached hydrogen (secondary N) is 1. The summed E-state index contributed by atoms with van der Waals surface area (Å²) in [7, 11) is 0. The van der Waals surface area contributed by atoms with E-state index in [2.05, 4.69) is 15.2 Å². The van der Waals surface area contributed by atoms with Gasteiger partial charge in [0, 0.05) is 17.5 Å². The molecule has 0 saturated heterocycles. The van der Waals surface area contributed by atoms with Crippen LogP contribution in [-0.2, 0) is 6.42 Å². The quantitative estimate of drug-likeness (QED) is 0.787. The van der Waals surface area contributed by atoms with Crippen LogP contribution in [0, 0.1) is 6.92 Å². The van der Waals surface area contributed by atoms with Gasteiger partial charge >= 0.3 is 0 Å². The van der Waals surface area contributed by atoms with E-state index in [1.165, 1.54) is 0 Å². The summed E-state index contributed by atoms with van der Waals surface area (Å²) in [5.41, 5.74) is 9.62. The van der Waals surface area contributed by atoms with Crippen LogP contribution in [0.15, 0.2) is 24.4 Å². The van der Waals surface area contributed by atoms with Gasteiger partial charge in [0.25, 0.3) is 0 Å². The first-order valence-corrected chi connectivity index (χ1v) is 4.98. The maximum Gasteiger partial charge on any atom is 0.114 e. The zero-order valence-electron chi connectivity index (χ0n) is 8.70. The van der Waals surface area contributed by atoms with Gasteiger partial charge in [-0.2, -0.15) is 5.10 Å². The first-order valence-electron chi connectivity index (χ1n) is 4.98. The predicted octanol–water partition coefficient (Wildman–Crippen LogP) is 1.28. The molecule has 0 unspecified atom stereocenters. The number of aromatic amines is 1. The number of aryl methyl sites for hydroxylation is 1. The van der Waals surface area contributed by atoms with Crippen LogP contribution in [0.5, 0.6) is 0 Å². The van der Waals surface area contributed by atoms with E-state index in [1.807, 2.05) is 25.1 Å². The molecule has 0 aliphatic heterocycles. The smallest absolute Gasteiger partial charge is 0.114 e. The molecule has 4 heteroatoms. The minimum Gasteiger partial charge on any atom is -0.330 e. The summed E-state index contributed by atoms with van der Waals surface area (Å²) in [5.74, 6) is 0. The van der Waals surface area contributed by atoms with Crippen molar-refractivity contribution in [2.45, 2.75) is 13.3 Å². The summed E-state index contributed by atoms with van der Waals surface area (Å²) in [4.78, 5) is 4.28. The molecule has 0 spiro atoms. The SMILES string of the molecule is Cc1[nH]nc(-c2ccccn2)c1CCN. The molecule has 4 nitrogen and oxygen atoms in total. The maximum atomic E-state index is 5.57. The Balaban J connectivity index is 2.44. The largest absolute Gasteiger partial charge is 0.330 e. The van der Waals surface area contributed by atoms with Crippen molar-refractivity contribution in [1.29, 1.82) is 0 Å². The highest BCUT2D eigenvalue weighted by atomic mass is 15.1. The summed E-state index contributed by atoms with van der Waals surface area (Å²) < 4.78 is 0. The molecule has 0 fully saturated rings. The summed E-state index contributed by atoms with van der Waals surface area (Å²) in [6, 6.07) is 5.81. The van der Waals surface area contributed by atoms with Crippen molar-refractivity contribution < 1.29 is 0 Å². The second kappa shape index (κ2) is 4.23. The first kappa shape index (κ1) is 9.86. The molecule has 2 aromatic heterocycles. The molecule has 0 saturated carbocycles. The number of nitrogens with zero attached hydrogens (tertiary/aromatic N) is 2. The van der Waals surface area contributed by atoms with Gasteiger partial charge in [0.2, 0.25) is 0 Å². The maximum absolute atomic E-state index is 5.57. The molecular formula is C11H14N4. The van der Waals surface area contributed by atoms with Crippen LogP contribution in [-0.4, -0.2) is 21.7 Å². The fraction of sp³-hybridized carbons (Fsp3) is 0.273. The Hall–Kier alpha value is -1.68. The molecule has 0 aliphatic carbocycles. The van der Waals surface area contributed by atoms with E-state index < -0.39 is 0 Å². The lowest BCUT2D eigenvalue weighted by molar-refractivity contribution is 0.957. The van der Waals surface area contributed by atoms with Gasteiger partial charge in [-0.15, -0.1) is 0 Å². The third-order valence-electron chi connectivity index (χ3n) is 2.38. The molecule has 0 radical (unpaired) electrons. The number of rotatable bonds is 3. The Morgan fingerprint density at radius 1 is 1.40 bits per heavy atom. The molecule has 0 amide bonds. The van der Waals surface area contributed by atoms with Crippen molar-refractivity contribution in [3.05, 3.63) is 35.7 Å². The highest BCUT2D eigenvalue weighted by Crippen LogP contribution is 2.21. The van der Waals surface area contributed by atoms with Crippen LogP contribution in [0.4, 0.5) is 0 Å². The van der Waals surface area contributed by atoms with Gasteiger partial charge in [-0.3, -0.25) is 10.1 Å². The van der Waals surface area contributed by atoms with E-state index in [0.717, 1.165) is 29.1 Å². The van der Waals surface area contributed by atoms with E-state index in [9.17, 15) is 0 Å². The summed E-state index contributed by atoms with van der Waals surface area (Å²) in [6.45, 7) is 2.63. The fourth-order valence-electron chi connectivity index (χ4n) is 1.62. The van der Waals surface area contributed by atoms with Gasteiger partial charge in [-0.05, 0) is 32.0 Å². The van der Waals surface area contributed by atoms with Gasteiger partial charge in [-0.1, -0.05) is 6.07 Å². The van der Waals surface area contributed by atoms with E-state index in [-0.39, 0.29) is 0 Å². The Kier molecular flexibility index (Phi) is 2.78. The van der Waals surface area contributed by atoms with Crippen LogP contribution >= 0.6 is 0 Å². The highest BCUT2D eigenvalue weighted by molar-refractivity contribution is 5.59. The minimum atomic E-state index is 0.625. The molecule has 0 aliphatic rings. The van der Waals surface area contributed by atoms with Gasteiger partial charge in [-0.25, -0.2) is 0 Å². The zero-order chi connectivity index (χ0) is 10.7. The summed E-state index contributed by atoms with van der Waals surface area (Å²) >= 11 is 0. The van der Waals surface area contributed by atoms with Crippen LogP contribution in [0.25, 0.3) is 11.4 Å². The molecule has 15 heavy (non-hydrogen) atoms. The second-order valence-electron chi connectivity index (χ2n) is 3.43. The number of pyridine rings is 1. The molecule has 0 atom stereocenters. The van der Waals surface area contributed by atoms with Crippen molar-refractivity contribution in [2.24, 2.45) is 5.73 Å². The first-order chi connectivity index (χ1) is 7.33. The molecule has 3 N–H and O–H groups in total. The zero-order valence-corrected chi connectivity index (χ0v) is 8.70. The van der Waals surface area contributed by atoms with Crippen LogP contribution < -0.4 is 5.73 Å². The average molecular weight is 202 g/mol. The Morgan fingerprint density at radius 3 is 2.93 bits per heavy atom. The topological polar surface area (TPSA) is 67.6 Å². The molecule has 2 aromatic rings. The van der Waals surface area contributed by atoms with Gasteiger partial charge in [0.15, 0.2) is 0 Å². The number of aromatic nitrogens is 3. The van der Waals surface area contributed by atoms with Crippen LogP contribution in [0.3, 0.4) is 0 Å².